The first-order valence-corrected chi connectivity index (χ1v) is 7.61. The maximum atomic E-state index is 12.2. The summed E-state index contributed by atoms with van der Waals surface area (Å²) in [5.74, 6) is 0.578. The second-order valence-corrected chi connectivity index (χ2v) is 7.32. The highest BCUT2D eigenvalue weighted by molar-refractivity contribution is 5.69. The monoisotopic (exact) mass is 288 g/mol. The van der Waals surface area contributed by atoms with Crippen LogP contribution >= 0.6 is 0 Å². The molecule has 1 heterocycles. The SMILES string of the molecule is CC(C)(C)OC(=O)N1CC2CC2(c2ccc(CN)cc2)C1. The van der Waals surface area contributed by atoms with Crippen LogP contribution in [0.15, 0.2) is 24.3 Å². The lowest BCUT2D eigenvalue weighted by molar-refractivity contribution is 0.0270. The summed E-state index contributed by atoms with van der Waals surface area (Å²) in [7, 11) is 0. The topological polar surface area (TPSA) is 55.6 Å². The number of hydrogen-bond acceptors (Lipinski definition) is 3. The minimum Gasteiger partial charge on any atom is -0.444 e. The number of carbonyl (C=O) groups is 1. The maximum Gasteiger partial charge on any atom is 0.410 e. The summed E-state index contributed by atoms with van der Waals surface area (Å²) in [4.78, 5) is 14.0. The van der Waals surface area contributed by atoms with E-state index in [1.807, 2.05) is 25.7 Å². The number of fused-ring (bicyclic) bond motifs is 1. The molecule has 2 unspecified atom stereocenters. The highest BCUT2D eigenvalue weighted by Gasteiger charge is 2.62. The van der Waals surface area contributed by atoms with Gasteiger partial charge in [0.1, 0.15) is 5.60 Å². The van der Waals surface area contributed by atoms with Crippen LogP contribution < -0.4 is 5.73 Å². The standard InChI is InChI=1S/C17H24N2O2/c1-16(2,3)21-15(20)19-10-14-8-17(14,11-19)13-6-4-12(9-18)5-7-13/h4-7,14H,8-11,18H2,1-3H3. The van der Waals surface area contributed by atoms with Gasteiger partial charge in [0.05, 0.1) is 0 Å². The zero-order valence-corrected chi connectivity index (χ0v) is 13.1. The minimum atomic E-state index is -0.431. The summed E-state index contributed by atoms with van der Waals surface area (Å²) in [6, 6.07) is 8.52. The Balaban J connectivity index is 1.70. The number of nitrogens with two attached hydrogens (primary N) is 1. The summed E-state index contributed by atoms with van der Waals surface area (Å²) >= 11 is 0. The van der Waals surface area contributed by atoms with Crippen LogP contribution in [0.4, 0.5) is 4.79 Å². The second-order valence-electron chi connectivity index (χ2n) is 7.32. The van der Waals surface area contributed by atoms with Crippen molar-refractivity contribution < 1.29 is 9.53 Å². The average Bonchev–Trinajstić information content (AvgIpc) is 2.99. The summed E-state index contributed by atoms with van der Waals surface area (Å²) in [5, 5.41) is 0. The van der Waals surface area contributed by atoms with E-state index < -0.39 is 5.60 Å². The van der Waals surface area contributed by atoms with E-state index in [-0.39, 0.29) is 11.5 Å². The van der Waals surface area contributed by atoms with Crippen LogP contribution in [-0.4, -0.2) is 29.7 Å². The first-order valence-electron chi connectivity index (χ1n) is 7.61. The van der Waals surface area contributed by atoms with Gasteiger partial charge in [-0.05, 0) is 44.2 Å². The average molecular weight is 288 g/mol. The third kappa shape index (κ3) is 2.64. The van der Waals surface area contributed by atoms with E-state index in [1.165, 1.54) is 12.0 Å². The number of likely N-dealkylation sites (tertiary alicyclic amines) is 1. The van der Waals surface area contributed by atoms with Crippen molar-refractivity contribution in [2.75, 3.05) is 13.1 Å². The Labute approximate surface area is 126 Å². The molecule has 2 N–H and O–H groups in total. The zero-order valence-electron chi connectivity index (χ0n) is 13.1. The molecule has 0 spiro atoms. The molecule has 1 aliphatic carbocycles. The van der Waals surface area contributed by atoms with Crippen molar-refractivity contribution in [2.45, 2.75) is 44.8 Å². The second kappa shape index (κ2) is 4.73. The molecule has 114 valence electrons. The van der Waals surface area contributed by atoms with Crippen LogP contribution in [0.3, 0.4) is 0 Å². The van der Waals surface area contributed by atoms with Crippen molar-refractivity contribution in [3.63, 3.8) is 0 Å². The van der Waals surface area contributed by atoms with E-state index in [1.54, 1.807) is 0 Å². The van der Waals surface area contributed by atoms with Gasteiger partial charge in [0.15, 0.2) is 0 Å². The predicted molar refractivity (Wildman–Crippen MR) is 81.9 cm³/mol. The summed E-state index contributed by atoms with van der Waals surface area (Å²) in [6.07, 6.45) is 0.988. The van der Waals surface area contributed by atoms with Crippen molar-refractivity contribution in [1.29, 1.82) is 0 Å². The molecule has 0 bridgehead atoms. The number of rotatable bonds is 2. The molecule has 0 radical (unpaired) electrons. The first kappa shape index (κ1) is 14.4. The van der Waals surface area contributed by atoms with Gasteiger partial charge in [-0.25, -0.2) is 4.79 Å². The molecule has 21 heavy (non-hydrogen) atoms. The third-order valence-corrected chi connectivity index (χ3v) is 4.56. The quantitative estimate of drug-likeness (QED) is 0.910. The molecule has 2 atom stereocenters. The Morgan fingerprint density at radius 3 is 2.62 bits per heavy atom. The maximum absolute atomic E-state index is 12.2. The van der Waals surface area contributed by atoms with Gasteiger partial charge in [0.2, 0.25) is 0 Å². The number of piperidine rings is 1. The molecule has 2 fully saturated rings. The number of ether oxygens (including phenoxy) is 1. The van der Waals surface area contributed by atoms with E-state index in [0.29, 0.717) is 12.5 Å². The van der Waals surface area contributed by atoms with Crippen LogP contribution in [0, 0.1) is 5.92 Å². The van der Waals surface area contributed by atoms with Crippen molar-refractivity contribution >= 4 is 6.09 Å². The van der Waals surface area contributed by atoms with Crippen LogP contribution in [0.1, 0.15) is 38.3 Å². The zero-order chi connectivity index (χ0) is 15.3. The molecule has 1 aromatic rings. The van der Waals surface area contributed by atoms with Crippen LogP contribution in [0.5, 0.6) is 0 Å². The summed E-state index contributed by atoms with van der Waals surface area (Å²) in [5.41, 5.74) is 7.85. The predicted octanol–water partition coefficient (Wildman–Crippen LogP) is 2.65. The van der Waals surface area contributed by atoms with Gasteiger partial charge in [-0.3, -0.25) is 0 Å². The fraction of sp³-hybridized carbons (Fsp3) is 0.588. The van der Waals surface area contributed by atoms with Gasteiger partial charge in [0, 0.05) is 25.0 Å². The molecular formula is C17H24N2O2. The lowest BCUT2D eigenvalue weighted by Crippen LogP contribution is -2.37. The van der Waals surface area contributed by atoms with Crippen LogP contribution in [0.2, 0.25) is 0 Å². The third-order valence-electron chi connectivity index (χ3n) is 4.56. The Bertz CT molecular complexity index is 547. The highest BCUT2D eigenvalue weighted by Crippen LogP contribution is 2.59. The van der Waals surface area contributed by atoms with Gasteiger partial charge in [-0.2, -0.15) is 0 Å². The molecule has 0 aromatic heterocycles. The van der Waals surface area contributed by atoms with Crippen molar-refractivity contribution in [1.82, 2.24) is 4.90 Å². The minimum absolute atomic E-state index is 0.157. The molecule has 1 saturated heterocycles. The van der Waals surface area contributed by atoms with Gasteiger partial charge in [0.25, 0.3) is 0 Å². The largest absolute Gasteiger partial charge is 0.444 e. The Morgan fingerprint density at radius 1 is 1.38 bits per heavy atom. The van der Waals surface area contributed by atoms with Gasteiger partial charge in [-0.1, -0.05) is 24.3 Å². The van der Waals surface area contributed by atoms with Crippen molar-refractivity contribution in [3.8, 4) is 0 Å². The Hall–Kier alpha value is -1.55. The van der Waals surface area contributed by atoms with Crippen LogP contribution in [-0.2, 0) is 16.7 Å². The van der Waals surface area contributed by atoms with E-state index >= 15 is 0 Å². The number of carbonyl (C=O) groups excluding carboxylic acids is 1. The van der Waals surface area contributed by atoms with E-state index in [0.717, 1.165) is 18.7 Å². The lowest BCUT2D eigenvalue weighted by Gasteiger charge is -2.26. The molecule has 4 nitrogen and oxygen atoms in total. The normalized spacial score (nSPS) is 27.4. The molecular weight excluding hydrogens is 264 g/mol. The molecule has 2 aliphatic rings. The lowest BCUT2D eigenvalue weighted by atomic mass is 9.94. The number of benzene rings is 1. The number of nitrogens with zero attached hydrogens (tertiary/aromatic N) is 1. The van der Waals surface area contributed by atoms with Gasteiger partial charge in [-0.15, -0.1) is 0 Å². The Morgan fingerprint density at radius 2 is 2.05 bits per heavy atom. The number of hydrogen-bond donors (Lipinski definition) is 1. The molecule has 1 aromatic carbocycles. The summed E-state index contributed by atoms with van der Waals surface area (Å²) < 4.78 is 5.48. The van der Waals surface area contributed by atoms with Crippen molar-refractivity contribution in [3.05, 3.63) is 35.4 Å². The van der Waals surface area contributed by atoms with Gasteiger partial charge < -0.3 is 15.4 Å². The molecule has 4 heteroatoms. The molecule has 1 amide bonds. The van der Waals surface area contributed by atoms with Crippen molar-refractivity contribution in [2.24, 2.45) is 11.7 Å². The first-order chi connectivity index (χ1) is 9.84. The molecule has 1 saturated carbocycles. The molecule has 3 rings (SSSR count). The smallest absolute Gasteiger partial charge is 0.410 e. The number of amides is 1. The van der Waals surface area contributed by atoms with Gasteiger partial charge >= 0.3 is 6.09 Å². The molecule has 1 aliphatic heterocycles. The van der Waals surface area contributed by atoms with E-state index in [9.17, 15) is 4.79 Å². The van der Waals surface area contributed by atoms with E-state index in [2.05, 4.69) is 24.3 Å². The highest BCUT2D eigenvalue weighted by atomic mass is 16.6. The van der Waals surface area contributed by atoms with E-state index in [4.69, 9.17) is 10.5 Å². The fourth-order valence-electron chi connectivity index (χ4n) is 3.37. The summed E-state index contributed by atoms with van der Waals surface area (Å²) in [6.45, 7) is 7.87. The van der Waals surface area contributed by atoms with Crippen LogP contribution in [0.25, 0.3) is 0 Å². The Kier molecular flexibility index (Phi) is 3.24. The fourth-order valence-corrected chi connectivity index (χ4v) is 3.37.